The number of carbonyl (C=O) groups excluding carboxylic acids is 2. The maximum atomic E-state index is 11.9. The molecule has 1 aliphatic carbocycles. The first kappa shape index (κ1) is 17.5. The van der Waals surface area contributed by atoms with Gasteiger partial charge in [0.1, 0.15) is 17.4 Å². The highest BCUT2D eigenvalue weighted by Crippen LogP contribution is 2.17. The second kappa shape index (κ2) is 8.73. The number of hydrogen-bond donors (Lipinski definition) is 2. The van der Waals surface area contributed by atoms with Crippen LogP contribution >= 0.6 is 0 Å². The first-order valence-electron chi connectivity index (χ1n) is 8.02. The number of carbonyl (C=O) groups is 2. The van der Waals surface area contributed by atoms with E-state index in [1.807, 2.05) is 0 Å². The number of nitrogens with one attached hydrogen (secondary N) is 1. The Morgan fingerprint density at radius 1 is 1.25 bits per heavy atom. The first-order chi connectivity index (χ1) is 11.6. The van der Waals surface area contributed by atoms with Gasteiger partial charge >= 0.3 is 0 Å². The maximum Gasteiger partial charge on any atom is 0.259 e. The summed E-state index contributed by atoms with van der Waals surface area (Å²) in [7, 11) is 0. The number of nitriles is 1. The van der Waals surface area contributed by atoms with Crippen LogP contribution in [0.25, 0.3) is 6.08 Å². The lowest BCUT2D eigenvalue weighted by atomic mass is 9.95. The number of primary amides is 1. The van der Waals surface area contributed by atoms with Gasteiger partial charge in [0, 0.05) is 6.04 Å². The third-order valence-electron chi connectivity index (χ3n) is 3.92. The van der Waals surface area contributed by atoms with Crippen LogP contribution in [0.4, 0.5) is 0 Å². The van der Waals surface area contributed by atoms with E-state index in [-0.39, 0.29) is 24.1 Å². The topological polar surface area (TPSA) is 105 Å². The van der Waals surface area contributed by atoms with Gasteiger partial charge in [-0.1, -0.05) is 31.4 Å². The molecule has 0 heterocycles. The molecule has 1 saturated carbocycles. The minimum atomic E-state index is -0.766. The number of hydrogen-bond acceptors (Lipinski definition) is 4. The number of ether oxygens (including phenoxy) is 1. The minimum Gasteiger partial charge on any atom is -0.484 e. The lowest BCUT2D eigenvalue weighted by Crippen LogP contribution is -2.38. The van der Waals surface area contributed by atoms with Crippen molar-refractivity contribution in [3.63, 3.8) is 0 Å². The molecule has 0 saturated heterocycles. The van der Waals surface area contributed by atoms with Crippen LogP contribution in [0.1, 0.15) is 37.7 Å². The van der Waals surface area contributed by atoms with E-state index in [4.69, 9.17) is 15.7 Å². The Morgan fingerprint density at radius 3 is 2.50 bits per heavy atom. The van der Waals surface area contributed by atoms with Gasteiger partial charge < -0.3 is 15.8 Å². The quantitative estimate of drug-likeness (QED) is 0.615. The normalized spacial score (nSPS) is 15.4. The molecule has 1 aromatic carbocycles. The average Bonchev–Trinajstić information content (AvgIpc) is 2.59. The first-order valence-corrected chi connectivity index (χ1v) is 8.02. The number of benzene rings is 1. The van der Waals surface area contributed by atoms with E-state index in [0.717, 1.165) is 25.7 Å². The summed E-state index contributed by atoms with van der Waals surface area (Å²) in [5, 5.41) is 11.8. The van der Waals surface area contributed by atoms with Gasteiger partial charge in [0.25, 0.3) is 11.8 Å². The van der Waals surface area contributed by atoms with E-state index in [2.05, 4.69) is 5.32 Å². The Kier molecular flexibility index (Phi) is 6.38. The van der Waals surface area contributed by atoms with Crippen molar-refractivity contribution in [3.8, 4) is 11.8 Å². The van der Waals surface area contributed by atoms with Crippen molar-refractivity contribution in [2.75, 3.05) is 6.61 Å². The highest BCUT2D eigenvalue weighted by Gasteiger charge is 2.15. The van der Waals surface area contributed by atoms with Gasteiger partial charge in [0.05, 0.1) is 0 Å². The monoisotopic (exact) mass is 327 g/mol. The number of amides is 2. The fourth-order valence-electron chi connectivity index (χ4n) is 2.65. The summed E-state index contributed by atoms with van der Waals surface area (Å²) in [5.74, 6) is -0.341. The fraction of sp³-hybridized carbons (Fsp3) is 0.389. The molecule has 0 spiro atoms. The Morgan fingerprint density at radius 2 is 1.92 bits per heavy atom. The molecule has 0 bridgehead atoms. The highest BCUT2D eigenvalue weighted by atomic mass is 16.5. The van der Waals surface area contributed by atoms with Gasteiger partial charge in [-0.15, -0.1) is 0 Å². The molecule has 3 N–H and O–H groups in total. The molecule has 2 rings (SSSR count). The zero-order valence-electron chi connectivity index (χ0n) is 13.5. The molecule has 6 nitrogen and oxygen atoms in total. The van der Waals surface area contributed by atoms with Crippen LogP contribution in [0.5, 0.6) is 5.75 Å². The summed E-state index contributed by atoms with van der Waals surface area (Å²) in [4.78, 5) is 22.9. The number of nitrogens with two attached hydrogens (primary N) is 1. The van der Waals surface area contributed by atoms with Crippen molar-refractivity contribution in [1.29, 1.82) is 5.26 Å². The van der Waals surface area contributed by atoms with Crippen LogP contribution in [0.15, 0.2) is 29.8 Å². The van der Waals surface area contributed by atoms with Crippen LogP contribution < -0.4 is 15.8 Å². The van der Waals surface area contributed by atoms with Gasteiger partial charge in [-0.05, 0) is 36.6 Å². The summed E-state index contributed by atoms with van der Waals surface area (Å²) < 4.78 is 5.45. The van der Waals surface area contributed by atoms with Crippen LogP contribution in [0.3, 0.4) is 0 Å². The zero-order valence-corrected chi connectivity index (χ0v) is 13.5. The molecule has 126 valence electrons. The lowest BCUT2D eigenvalue weighted by Gasteiger charge is -2.22. The molecule has 0 radical (unpaired) electrons. The molecular formula is C18H21N3O3. The number of rotatable bonds is 6. The smallest absolute Gasteiger partial charge is 0.259 e. The van der Waals surface area contributed by atoms with Gasteiger partial charge in [0.15, 0.2) is 6.61 Å². The summed E-state index contributed by atoms with van der Waals surface area (Å²) in [6.45, 7) is -0.0313. The van der Waals surface area contributed by atoms with E-state index in [1.165, 1.54) is 12.5 Å². The van der Waals surface area contributed by atoms with E-state index in [1.54, 1.807) is 30.3 Å². The maximum absolute atomic E-state index is 11.9. The predicted molar refractivity (Wildman–Crippen MR) is 89.7 cm³/mol. The van der Waals surface area contributed by atoms with Crippen molar-refractivity contribution in [2.45, 2.75) is 38.1 Å². The molecule has 0 unspecified atom stereocenters. The molecule has 1 aromatic rings. The SMILES string of the molecule is N#C/C(=C\c1ccc(OCC(=O)NC2CCCCC2)cc1)C(N)=O. The van der Waals surface area contributed by atoms with Crippen molar-refractivity contribution in [2.24, 2.45) is 5.73 Å². The summed E-state index contributed by atoms with van der Waals surface area (Å²) in [5.41, 5.74) is 5.63. The Balaban J connectivity index is 1.84. The molecule has 1 aliphatic rings. The molecule has 6 heteroatoms. The zero-order chi connectivity index (χ0) is 17.4. The number of nitrogens with zero attached hydrogens (tertiary/aromatic N) is 1. The lowest BCUT2D eigenvalue weighted by molar-refractivity contribution is -0.124. The van der Waals surface area contributed by atoms with Crippen molar-refractivity contribution < 1.29 is 14.3 Å². The second-order valence-corrected chi connectivity index (χ2v) is 5.79. The molecule has 24 heavy (non-hydrogen) atoms. The van der Waals surface area contributed by atoms with Gasteiger partial charge in [-0.25, -0.2) is 0 Å². The molecule has 2 amide bonds. The van der Waals surface area contributed by atoms with Crippen molar-refractivity contribution >= 4 is 17.9 Å². The standard InChI is InChI=1S/C18H21N3O3/c19-11-14(18(20)23)10-13-6-8-16(9-7-13)24-12-17(22)21-15-4-2-1-3-5-15/h6-10,15H,1-5,12H2,(H2,20,23)(H,21,22)/b14-10+. The summed E-state index contributed by atoms with van der Waals surface area (Å²) in [6, 6.07) is 8.74. The Labute approximate surface area is 141 Å². The van der Waals surface area contributed by atoms with Crippen molar-refractivity contribution in [1.82, 2.24) is 5.32 Å². The Bertz CT molecular complexity index is 653. The summed E-state index contributed by atoms with van der Waals surface area (Å²) >= 11 is 0. The van der Waals surface area contributed by atoms with Crippen molar-refractivity contribution in [3.05, 3.63) is 35.4 Å². The van der Waals surface area contributed by atoms with Crippen LogP contribution in [-0.2, 0) is 9.59 Å². The summed E-state index contributed by atoms with van der Waals surface area (Å²) in [6.07, 6.45) is 7.05. The van der Waals surface area contributed by atoms with Crippen LogP contribution in [0.2, 0.25) is 0 Å². The van der Waals surface area contributed by atoms with E-state index in [9.17, 15) is 9.59 Å². The average molecular weight is 327 g/mol. The second-order valence-electron chi connectivity index (χ2n) is 5.79. The van der Waals surface area contributed by atoms with E-state index < -0.39 is 5.91 Å². The van der Waals surface area contributed by atoms with Gasteiger partial charge in [0.2, 0.25) is 0 Å². The van der Waals surface area contributed by atoms with Crippen LogP contribution in [-0.4, -0.2) is 24.5 Å². The van der Waals surface area contributed by atoms with Gasteiger partial charge in [-0.2, -0.15) is 5.26 Å². The minimum absolute atomic E-state index is 0.0313. The highest BCUT2D eigenvalue weighted by molar-refractivity contribution is 6.00. The van der Waals surface area contributed by atoms with Crippen LogP contribution in [0, 0.1) is 11.3 Å². The third kappa shape index (κ3) is 5.43. The predicted octanol–water partition coefficient (Wildman–Crippen LogP) is 1.91. The molecule has 0 aliphatic heterocycles. The molecular weight excluding hydrogens is 306 g/mol. The Hall–Kier alpha value is -2.81. The largest absolute Gasteiger partial charge is 0.484 e. The van der Waals surface area contributed by atoms with E-state index in [0.29, 0.717) is 11.3 Å². The van der Waals surface area contributed by atoms with E-state index >= 15 is 0 Å². The molecule has 1 fully saturated rings. The fourth-order valence-corrected chi connectivity index (χ4v) is 2.65. The third-order valence-corrected chi connectivity index (χ3v) is 3.92. The molecule has 0 aromatic heterocycles. The van der Waals surface area contributed by atoms with Gasteiger partial charge in [-0.3, -0.25) is 9.59 Å². The molecule has 0 atom stereocenters.